The Balaban J connectivity index is 2.13. The Morgan fingerprint density at radius 2 is 1.81 bits per heavy atom. The van der Waals surface area contributed by atoms with Crippen LogP contribution < -0.4 is 9.46 Å². The SMILES string of the molecule is COc1cccc(/C=C/C(=O)c2ccc(S(=O)(=O)NC(C)C(=O)O)cc2)c1. The van der Waals surface area contributed by atoms with Crippen LogP contribution >= 0.6 is 0 Å². The van der Waals surface area contributed by atoms with Gasteiger partial charge in [-0.3, -0.25) is 9.59 Å². The van der Waals surface area contributed by atoms with E-state index in [1.807, 2.05) is 10.8 Å². The largest absolute Gasteiger partial charge is 0.497 e. The molecule has 0 fully saturated rings. The number of ether oxygens (including phenoxy) is 1. The van der Waals surface area contributed by atoms with Gasteiger partial charge in [0, 0.05) is 5.56 Å². The van der Waals surface area contributed by atoms with Crippen LogP contribution in [0.4, 0.5) is 0 Å². The maximum atomic E-state index is 12.2. The molecule has 2 N–H and O–H groups in total. The van der Waals surface area contributed by atoms with Crippen molar-refractivity contribution in [3.8, 4) is 5.75 Å². The van der Waals surface area contributed by atoms with Crippen molar-refractivity contribution in [1.29, 1.82) is 0 Å². The molecule has 0 heterocycles. The summed E-state index contributed by atoms with van der Waals surface area (Å²) in [6.45, 7) is 1.22. The minimum atomic E-state index is -3.98. The second-order valence-electron chi connectivity index (χ2n) is 5.68. The Morgan fingerprint density at radius 3 is 2.41 bits per heavy atom. The van der Waals surface area contributed by atoms with Crippen molar-refractivity contribution < 1.29 is 27.9 Å². The third-order valence-electron chi connectivity index (χ3n) is 3.67. The monoisotopic (exact) mass is 389 g/mol. The molecule has 0 amide bonds. The van der Waals surface area contributed by atoms with Crippen molar-refractivity contribution in [1.82, 2.24) is 4.72 Å². The predicted molar refractivity (Wildman–Crippen MR) is 100 cm³/mol. The number of aliphatic carboxylic acids is 1. The van der Waals surface area contributed by atoms with E-state index in [1.54, 1.807) is 31.4 Å². The van der Waals surface area contributed by atoms with Crippen LogP contribution in [0.25, 0.3) is 6.08 Å². The number of ketones is 1. The zero-order valence-electron chi connectivity index (χ0n) is 14.7. The summed E-state index contributed by atoms with van der Waals surface area (Å²) in [6, 6.07) is 11.2. The molecule has 1 unspecified atom stereocenters. The number of methoxy groups -OCH3 is 1. The molecule has 0 radical (unpaired) electrons. The van der Waals surface area contributed by atoms with Crippen molar-refractivity contribution in [2.24, 2.45) is 0 Å². The van der Waals surface area contributed by atoms with Crippen molar-refractivity contribution in [3.63, 3.8) is 0 Å². The molecular formula is C19H19NO6S. The fourth-order valence-electron chi connectivity index (χ4n) is 2.16. The summed E-state index contributed by atoms with van der Waals surface area (Å²) in [5.41, 5.74) is 1.09. The molecule has 0 aliphatic heterocycles. The summed E-state index contributed by atoms with van der Waals surface area (Å²) in [5.74, 6) is -0.913. The lowest BCUT2D eigenvalue weighted by Gasteiger charge is -2.10. The van der Waals surface area contributed by atoms with E-state index in [2.05, 4.69) is 0 Å². The highest BCUT2D eigenvalue weighted by molar-refractivity contribution is 7.89. The third-order valence-corrected chi connectivity index (χ3v) is 5.23. The predicted octanol–water partition coefficient (Wildman–Crippen LogP) is 2.34. The smallest absolute Gasteiger partial charge is 0.321 e. The first-order valence-corrected chi connectivity index (χ1v) is 9.43. The first-order valence-electron chi connectivity index (χ1n) is 7.94. The highest BCUT2D eigenvalue weighted by Gasteiger charge is 2.21. The Labute approximate surface area is 157 Å². The van der Waals surface area contributed by atoms with E-state index < -0.39 is 22.0 Å². The average molecular weight is 389 g/mol. The number of rotatable bonds is 8. The van der Waals surface area contributed by atoms with Gasteiger partial charge in [0.1, 0.15) is 11.8 Å². The fourth-order valence-corrected chi connectivity index (χ4v) is 3.36. The van der Waals surface area contributed by atoms with Gasteiger partial charge in [0.05, 0.1) is 12.0 Å². The molecule has 0 aromatic heterocycles. The first-order chi connectivity index (χ1) is 12.7. The van der Waals surface area contributed by atoms with Gasteiger partial charge in [-0.2, -0.15) is 4.72 Å². The summed E-state index contributed by atoms with van der Waals surface area (Å²) in [6.07, 6.45) is 3.01. The molecule has 27 heavy (non-hydrogen) atoms. The fraction of sp³-hybridized carbons (Fsp3) is 0.158. The van der Waals surface area contributed by atoms with Crippen molar-refractivity contribution in [2.75, 3.05) is 7.11 Å². The lowest BCUT2D eigenvalue weighted by Crippen LogP contribution is -2.38. The van der Waals surface area contributed by atoms with E-state index >= 15 is 0 Å². The second kappa shape index (κ2) is 8.61. The number of carboxylic acids is 1. The van der Waals surface area contributed by atoms with Crippen molar-refractivity contribution >= 4 is 27.9 Å². The Morgan fingerprint density at radius 1 is 1.15 bits per heavy atom. The van der Waals surface area contributed by atoms with Crippen molar-refractivity contribution in [3.05, 3.63) is 65.7 Å². The molecule has 0 saturated heterocycles. The zero-order valence-corrected chi connectivity index (χ0v) is 15.6. The number of allylic oxidation sites excluding steroid dienone is 1. The summed E-state index contributed by atoms with van der Waals surface area (Å²) < 4.78 is 31.4. The zero-order chi connectivity index (χ0) is 20.0. The quantitative estimate of drug-likeness (QED) is 0.530. The van der Waals surface area contributed by atoms with Crippen LogP contribution in [0.1, 0.15) is 22.8 Å². The van der Waals surface area contributed by atoms with E-state index in [9.17, 15) is 18.0 Å². The molecule has 0 aliphatic carbocycles. The number of carboxylic acid groups (broad SMARTS) is 1. The number of sulfonamides is 1. The van der Waals surface area contributed by atoms with Gasteiger partial charge in [0.2, 0.25) is 10.0 Å². The molecule has 2 aromatic carbocycles. The topological polar surface area (TPSA) is 110 Å². The van der Waals surface area contributed by atoms with Gasteiger partial charge in [-0.05, 0) is 55.0 Å². The molecule has 2 rings (SSSR count). The number of carbonyl (C=O) groups excluding carboxylic acids is 1. The van der Waals surface area contributed by atoms with Crippen LogP contribution in [0.5, 0.6) is 5.75 Å². The third kappa shape index (κ3) is 5.50. The highest BCUT2D eigenvalue weighted by atomic mass is 32.2. The van der Waals surface area contributed by atoms with E-state index in [1.165, 1.54) is 37.3 Å². The molecule has 0 aliphatic rings. The number of carbonyl (C=O) groups is 2. The number of nitrogens with one attached hydrogen (secondary N) is 1. The molecule has 2 aromatic rings. The number of hydrogen-bond donors (Lipinski definition) is 2. The van der Waals surface area contributed by atoms with Gasteiger partial charge in [-0.25, -0.2) is 8.42 Å². The normalized spacial score (nSPS) is 12.7. The Bertz CT molecular complexity index is 964. The highest BCUT2D eigenvalue weighted by Crippen LogP contribution is 2.15. The summed E-state index contributed by atoms with van der Waals surface area (Å²) in [5, 5.41) is 8.81. The lowest BCUT2D eigenvalue weighted by atomic mass is 10.1. The standard InChI is InChI=1S/C19H19NO6S/c1-13(19(22)23)20-27(24,25)17-9-7-15(8-10-17)18(21)11-6-14-4-3-5-16(12-14)26-2/h3-13,20H,1-2H3,(H,22,23)/b11-6+. The van der Waals surface area contributed by atoms with Gasteiger partial charge in [0.15, 0.2) is 5.78 Å². The van der Waals surface area contributed by atoms with Crippen LogP contribution in [-0.4, -0.2) is 38.4 Å². The van der Waals surface area contributed by atoms with Gasteiger partial charge >= 0.3 is 5.97 Å². The average Bonchev–Trinajstić information content (AvgIpc) is 2.66. The molecule has 0 saturated carbocycles. The molecule has 8 heteroatoms. The summed E-state index contributed by atoms with van der Waals surface area (Å²) >= 11 is 0. The maximum absolute atomic E-state index is 12.2. The minimum absolute atomic E-state index is 0.121. The minimum Gasteiger partial charge on any atom is -0.497 e. The molecule has 0 bridgehead atoms. The maximum Gasteiger partial charge on any atom is 0.321 e. The molecule has 7 nitrogen and oxygen atoms in total. The van der Waals surface area contributed by atoms with Gasteiger partial charge in [-0.15, -0.1) is 0 Å². The van der Waals surface area contributed by atoms with Crippen LogP contribution in [0.2, 0.25) is 0 Å². The van der Waals surface area contributed by atoms with Gasteiger partial charge < -0.3 is 9.84 Å². The van der Waals surface area contributed by atoms with Gasteiger partial charge in [-0.1, -0.05) is 18.2 Å². The molecule has 142 valence electrons. The molecular weight excluding hydrogens is 370 g/mol. The van der Waals surface area contributed by atoms with Crippen molar-refractivity contribution in [2.45, 2.75) is 17.9 Å². The van der Waals surface area contributed by atoms with Crippen LogP contribution in [0.15, 0.2) is 59.5 Å². The summed E-state index contributed by atoms with van der Waals surface area (Å²) in [4.78, 5) is 22.9. The number of hydrogen-bond acceptors (Lipinski definition) is 5. The van der Waals surface area contributed by atoms with Crippen LogP contribution in [0, 0.1) is 0 Å². The van der Waals surface area contributed by atoms with E-state index in [4.69, 9.17) is 9.84 Å². The van der Waals surface area contributed by atoms with Crippen LogP contribution in [-0.2, 0) is 14.8 Å². The Kier molecular flexibility index (Phi) is 6.49. The van der Waals surface area contributed by atoms with Gasteiger partial charge in [0.25, 0.3) is 0 Å². The van der Waals surface area contributed by atoms with E-state index in [0.29, 0.717) is 11.3 Å². The lowest BCUT2D eigenvalue weighted by molar-refractivity contribution is -0.138. The number of benzene rings is 2. The van der Waals surface area contributed by atoms with Crippen LogP contribution in [0.3, 0.4) is 0 Å². The molecule has 0 spiro atoms. The second-order valence-corrected chi connectivity index (χ2v) is 7.39. The summed E-state index contributed by atoms with van der Waals surface area (Å²) in [7, 11) is -2.43. The first kappa shape index (κ1) is 20.3. The Hall–Kier alpha value is -2.97. The molecule has 1 atom stereocenters. The van der Waals surface area contributed by atoms with E-state index in [-0.39, 0.29) is 10.7 Å². The van der Waals surface area contributed by atoms with E-state index in [0.717, 1.165) is 5.56 Å².